The lowest BCUT2D eigenvalue weighted by Crippen LogP contribution is -2.33. The van der Waals surface area contributed by atoms with Gasteiger partial charge in [0.1, 0.15) is 5.82 Å². The van der Waals surface area contributed by atoms with Gasteiger partial charge in [-0.2, -0.15) is 0 Å². The molecule has 4 heteroatoms. The number of pyridine rings is 1. The molecule has 0 aliphatic rings. The van der Waals surface area contributed by atoms with Crippen molar-refractivity contribution < 1.29 is 9.84 Å². The lowest BCUT2D eigenvalue weighted by molar-refractivity contribution is 0.183. The number of aromatic nitrogens is 1. The van der Waals surface area contributed by atoms with Crippen LogP contribution in [-0.2, 0) is 4.74 Å². The highest BCUT2D eigenvalue weighted by atomic mass is 16.5. The van der Waals surface area contributed by atoms with Crippen LogP contribution in [0.15, 0.2) is 18.3 Å². The van der Waals surface area contributed by atoms with E-state index < -0.39 is 6.10 Å². The van der Waals surface area contributed by atoms with Crippen molar-refractivity contribution in [3.63, 3.8) is 0 Å². The van der Waals surface area contributed by atoms with Gasteiger partial charge in [0, 0.05) is 20.4 Å². The van der Waals surface area contributed by atoms with Gasteiger partial charge in [0.25, 0.3) is 0 Å². The second-order valence-electron chi connectivity index (χ2n) is 4.04. The summed E-state index contributed by atoms with van der Waals surface area (Å²) in [6, 6.07) is 3.97. The summed E-state index contributed by atoms with van der Waals surface area (Å²) in [4.78, 5) is 6.32. The van der Waals surface area contributed by atoms with Crippen LogP contribution in [-0.4, -0.2) is 36.9 Å². The summed E-state index contributed by atoms with van der Waals surface area (Å²) >= 11 is 0. The van der Waals surface area contributed by atoms with Gasteiger partial charge >= 0.3 is 0 Å². The number of hydrogen-bond donors (Lipinski definition) is 1. The topological polar surface area (TPSA) is 45.6 Å². The molecule has 1 N–H and O–H groups in total. The summed E-state index contributed by atoms with van der Waals surface area (Å²) in [7, 11) is 3.65. The Morgan fingerprint density at radius 2 is 2.19 bits per heavy atom. The van der Waals surface area contributed by atoms with E-state index in [1.807, 2.05) is 24.1 Å². The van der Waals surface area contributed by atoms with Gasteiger partial charge in [-0.25, -0.2) is 4.98 Å². The molecule has 0 aliphatic carbocycles. The first-order valence-electron chi connectivity index (χ1n) is 5.42. The standard InChI is InChI=1S/C12H20N2O2/c1-9(8-16-4)14(3)12-7-11(10(2)15)5-6-13-12/h5-7,9-10,15H,8H2,1-4H3/t9?,10-/m0/s1. The zero-order chi connectivity index (χ0) is 12.1. The molecule has 4 nitrogen and oxygen atoms in total. The molecule has 1 rings (SSSR count). The van der Waals surface area contributed by atoms with Crippen LogP contribution in [0.4, 0.5) is 5.82 Å². The molecule has 0 spiro atoms. The number of aliphatic hydroxyl groups is 1. The maximum atomic E-state index is 9.50. The van der Waals surface area contributed by atoms with Gasteiger partial charge in [-0.1, -0.05) is 0 Å². The molecule has 0 fully saturated rings. The van der Waals surface area contributed by atoms with Crippen molar-refractivity contribution in [3.8, 4) is 0 Å². The molecule has 0 aliphatic heterocycles. The molecule has 0 radical (unpaired) electrons. The Kier molecular flexibility index (Phi) is 4.71. The van der Waals surface area contributed by atoms with E-state index in [9.17, 15) is 5.11 Å². The minimum absolute atomic E-state index is 0.252. The molecular formula is C12H20N2O2. The Morgan fingerprint density at radius 3 is 2.75 bits per heavy atom. The van der Waals surface area contributed by atoms with Crippen molar-refractivity contribution in [2.45, 2.75) is 26.0 Å². The third kappa shape index (κ3) is 3.18. The predicted molar refractivity (Wildman–Crippen MR) is 64.6 cm³/mol. The van der Waals surface area contributed by atoms with Crippen molar-refractivity contribution in [2.24, 2.45) is 0 Å². The Hall–Kier alpha value is -1.13. The minimum Gasteiger partial charge on any atom is -0.389 e. The maximum Gasteiger partial charge on any atom is 0.128 e. The number of methoxy groups -OCH3 is 1. The molecule has 0 saturated heterocycles. The van der Waals surface area contributed by atoms with Crippen LogP contribution < -0.4 is 4.90 Å². The zero-order valence-corrected chi connectivity index (χ0v) is 10.3. The summed E-state index contributed by atoms with van der Waals surface area (Å²) in [6.45, 7) is 4.47. The van der Waals surface area contributed by atoms with E-state index in [4.69, 9.17) is 4.74 Å². The maximum absolute atomic E-state index is 9.50. The number of aliphatic hydroxyl groups excluding tert-OH is 1. The summed E-state index contributed by atoms with van der Waals surface area (Å²) in [5.74, 6) is 0.850. The van der Waals surface area contributed by atoms with Gasteiger partial charge in [-0.15, -0.1) is 0 Å². The normalized spacial score (nSPS) is 14.6. The molecule has 90 valence electrons. The molecule has 1 aromatic rings. The predicted octanol–water partition coefficient (Wildman–Crippen LogP) is 1.61. The van der Waals surface area contributed by atoms with Crippen molar-refractivity contribution in [1.82, 2.24) is 4.98 Å². The van der Waals surface area contributed by atoms with Crippen LogP contribution in [0.5, 0.6) is 0 Å². The fraction of sp³-hybridized carbons (Fsp3) is 0.583. The summed E-state index contributed by atoms with van der Waals surface area (Å²) in [5.41, 5.74) is 0.876. The SMILES string of the molecule is COCC(C)N(C)c1cc([C@H](C)O)ccn1. The first-order chi connectivity index (χ1) is 7.56. The van der Waals surface area contributed by atoms with Gasteiger partial charge in [-0.3, -0.25) is 0 Å². The van der Waals surface area contributed by atoms with Gasteiger partial charge in [-0.05, 0) is 31.5 Å². The lowest BCUT2D eigenvalue weighted by Gasteiger charge is -2.25. The van der Waals surface area contributed by atoms with E-state index in [2.05, 4.69) is 11.9 Å². The monoisotopic (exact) mass is 224 g/mol. The fourth-order valence-electron chi connectivity index (χ4n) is 1.47. The van der Waals surface area contributed by atoms with Gasteiger partial charge in [0.15, 0.2) is 0 Å². The Bertz CT molecular complexity index is 329. The van der Waals surface area contributed by atoms with Crippen LogP contribution in [0.3, 0.4) is 0 Å². The van der Waals surface area contributed by atoms with Crippen LogP contribution in [0.1, 0.15) is 25.5 Å². The van der Waals surface area contributed by atoms with Crippen LogP contribution in [0, 0.1) is 0 Å². The van der Waals surface area contributed by atoms with Gasteiger partial charge < -0.3 is 14.7 Å². The van der Waals surface area contributed by atoms with Crippen LogP contribution in [0.2, 0.25) is 0 Å². The third-order valence-electron chi connectivity index (χ3n) is 2.68. The van der Waals surface area contributed by atoms with E-state index in [0.29, 0.717) is 6.61 Å². The smallest absolute Gasteiger partial charge is 0.128 e. The van der Waals surface area contributed by atoms with E-state index in [-0.39, 0.29) is 6.04 Å². The number of likely N-dealkylation sites (N-methyl/N-ethyl adjacent to an activating group) is 1. The number of ether oxygens (including phenoxy) is 1. The van der Waals surface area contributed by atoms with Crippen LogP contribution >= 0.6 is 0 Å². The molecule has 1 unspecified atom stereocenters. The quantitative estimate of drug-likeness (QED) is 0.825. The second-order valence-corrected chi connectivity index (χ2v) is 4.04. The molecule has 0 aromatic carbocycles. The Morgan fingerprint density at radius 1 is 1.50 bits per heavy atom. The van der Waals surface area contributed by atoms with Crippen molar-refractivity contribution in [2.75, 3.05) is 25.7 Å². The Labute approximate surface area is 96.9 Å². The van der Waals surface area contributed by atoms with E-state index >= 15 is 0 Å². The first kappa shape index (κ1) is 12.9. The minimum atomic E-state index is -0.465. The number of hydrogen-bond acceptors (Lipinski definition) is 4. The molecule has 0 bridgehead atoms. The summed E-state index contributed by atoms with van der Waals surface area (Å²) < 4.78 is 5.11. The lowest BCUT2D eigenvalue weighted by atomic mass is 10.1. The number of nitrogens with zero attached hydrogens (tertiary/aromatic N) is 2. The van der Waals surface area contributed by atoms with Gasteiger partial charge in [0.05, 0.1) is 18.8 Å². The highest BCUT2D eigenvalue weighted by Gasteiger charge is 2.12. The number of rotatable bonds is 5. The largest absolute Gasteiger partial charge is 0.389 e. The second kappa shape index (κ2) is 5.82. The molecular weight excluding hydrogens is 204 g/mol. The summed E-state index contributed by atoms with van der Waals surface area (Å²) in [6.07, 6.45) is 1.25. The average molecular weight is 224 g/mol. The molecule has 0 amide bonds. The molecule has 0 saturated carbocycles. The zero-order valence-electron chi connectivity index (χ0n) is 10.3. The molecule has 1 aromatic heterocycles. The highest BCUT2D eigenvalue weighted by molar-refractivity contribution is 5.41. The average Bonchev–Trinajstić information content (AvgIpc) is 2.28. The van der Waals surface area contributed by atoms with Gasteiger partial charge in [0.2, 0.25) is 0 Å². The summed E-state index contributed by atoms with van der Waals surface area (Å²) in [5, 5.41) is 9.50. The van der Waals surface area contributed by atoms with E-state index in [1.165, 1.54) is 0 Å². The highest BCUT2D eigenvalue weighted by Crippen LogP contribution is 2.18. The molecule has 16 heavy (non-hydrogen) atoms. The molecule has 1 heterocycles. The molecule has 2 atom stereocenters. The Balaban J connectivity index is 2.82. The van der Waals surface area contributed by atoms with E-state index in [1.54, 1.807) is 20.2 Å². The number of anilines is 1. The van der Waals surface area contributed by atoms with Crippen LogP contribution in [0.25, 0.3) is 0 Å². The van der Waals surface area contributed by atoms with Crippen molar-refractivity contribution in [3.05, 3.63) is 23.9 Å². The van der Waals surface area contributed by atoms with E-state index in [0.717, 1.165) is 11.4 Å². The first-order valence-corrected chi connectivity index (χ1v) is 5.42. The third-order valence-corrected chi connectivity index (χ3v) is 2.68. The fourth-order valence-corrected chi connectivity index (χ4v) is 1.47. The van der Waals surface area contributed by atoms with Crippen molar-refractivity contribution >= 4 is 5.82 Å². The van der Waals surface area contributed by atoms with Crippen molar-refractivity contribution in [1.29, 1.82) is 0 Å².